The lowest BCUT2D eigenvalue weighted by atomic mass is 9.91. The maximum Gasteiger partial charge on any atom is 0.509 e. The second-order valence-electron chi connectivity index (χ2n) is 14.3. The van der Waals surface area contributed by atoms with Crippen molar-refractivity contribution in [1.29, 1.82) is 0 Å². The van der Waals surface area contributed by atoms with Gasteiger partial charge in [-0.3, -0.25) is 14.5 Å². The van der Waals surface area contributed by atoms with Gasteiger partial charge < -0.3 is 34.4 Å². The van der Waals surface area contributed by atoms with Gasteiger partial charge in [-0.05, 0) is 81.8 Å². The Balaban J connectivity index is 1.08. The monoisotopic (exact) mass is 722 g/mol. The molecule has 3 fully saturated rings. The number of piperazine rings is 1. The first-order valence-corrected chi connectivity index (χ1v) is 18.7. The molecule has 4 amide bonds. The van der Waals surface area contributed by atoms with Crippen molar-refractivity contribution in [2.75, 3.05) is 64.8 Å². The molecule has 0 radical (unpaired) electrons. The fourth-order valence-electron chi connectivity index (χ4n) is 8.00. The number of carbonyl (C=O) groups is 4. The summed E-state index contributed by atoms with van der Waals surface area (Å²) in [5.74, 6) is -0.553. The van der Waals surface area contributed by atoms with Crippen LogP contribution in [-0.2, 0) is 32.0 Å². The number of hydrogen-bond donors (Lipinski definition) is 1. The fourth-order valence-corrected chi connectivity index (χ4v) is 8.12. The number of hydrogen-bond acceptors (Lipinski definition) is 8. The molecule has 12 nitrogen and oxygen atoms in total. The first-order valence-electron chi connectivity index (χ1n) is 18.3. The second kappa shape index (κ2) is 16.6. The fraction of sp³-hybridized carbons (Fsp3) is 0.579. The Morgan fingerprint density at radius 2 is 1.65 bits per heavy atom. The molecule has 4 aliphatic heterocycles. The van der Waals surface area contributed by atoms with Crippen molar-refractivity contribution in [1.82, 2.24) is 24.5 Å². The number of likely N-dealkylation sites (tertiary alicyclic amines) is 2. The number of amides is 4. The molecule has 6 rings (SSSR count). The summed E-state index contributed by atoms with van der Waals surface area (Å²) in [6, 6.07) is 13.8. The lowest BCUT2D eigenvalue weighted by molar-refractivity contribution is -0.144. The number of nitrogens with zero attached hydrogens (tertiary/aromatic N) is 5. The van der Waals surface area contributed by atoms with Crippen molar-refractivity contribution < 1.29 is 28.7 Å². The molecule has 3 saturated heterocycles. The predicted octanol–water partition coefficient (Wildman–Crippen LogP) is 4.97. The molecule has 2 aromatic rings. The molecule has 0 saturated carbocycles. The van der Waals surface area contributed by atoms with E-state index in [0.29, 0.717) is 63.6 Å². The van der Waals surface area contributed by atoms with Crippen molar-refractivity contribution in [3.63, 3.8) is 0 Å². The van der Waals surface area contributed by atoms with Gasteiger partial charge in [0.15, 0.2) is 6.23 Å². The summed E-state index contributed by atoms with van der Waals surface area (Å²) in [5.41, 5.74) is 3.86. The maximum atomic E-state index is 14.2. The summed E-state index contributed by atoms with van der Waals surface area (Å²) in [5, 5.41) is 3.67. The zero-order valence-corrected chi connectivity index (χ0v) is 30.8. The third-order valence-corrected chi connectivity index (χ3v) is 11.3. The Labute approximate surface area is 305 Å². The zero-order chi connectivity index (χ0) is 36.1. The molecular weight excluding hydrogens is 672 g/mol. The quantitative estimate of drug-likeness (QED) is 0.361. The second-order valence-corrected chi connectivity index (χ2v) is 14.7. The smallest absolute Gasteiger partial charge is 0.435 e. The van der Waals surface area contributed by atoms with Crippen LogP contribution in [0.2, 0.25) is 5.02 Å². The van der Waals surface area contributed by atoms with E-state index in [0.717, 1.165) is 48.3 Å². The molecule has 4 heterocycles. The number of anilines is 1. The van der Waals surface area contributed by atoms with Crippen molar-refractivity contribution >= 4 is 41.3 Å². The first-order chi connectivity index (χ1) is 24.6. The van der Waals surface area contributed by atoms with E-state index in [1.165, 1.54) is 0 Å². The van der Waals surface area contributed by atoms with Crippen LogP contribution in [0.3, 0.4) is 0 Å². The van der Waals surface area contributed by atoms with Gasteiger partial charge in [-0.1, -0.05) is 41.9 Å². The molecule has 2 aromatic carbocycles. The molecule has 13 heteroatoms. The number of urea groups is 1. The molecule has 2 unspecified atom stereocenters. The number of benzene rings is 2. The van der Waals surface area contributed by atoms with Crippen LogP contribution in [-0.4, -0.2) is 126 Å². The average molecular weight is 723 g/mol. The third kappa shape index (κ3) is 8.96. The summed E-state index contributed by atoms with van der Waals surface area (Å²) >= 11 is 6.32. The Bertz CT molecular complexity index is 1580. The highest BCUT2D eigenvalue weighted by Gasteiger charge is 2.38. The number of rotatable bonds is 9. The van der Waals surface area contributed by atoms with Gasteiger partial charge in [-0.15, -0.1) is 0 Å². The first kappa shape index (κ1) is 36.9. The minimum atomic E-state index is -0.660. The molecule has 276 valence electrons. The number of piperidine rings is 2. The van der Waals surface area contributed by atoms with E-state index < -0.39 is 18.3 Å². The van der Waals surface area contributed by atoms with Crippen molar-refractivity contribution in [3.8, 4) is 0 Å². The van der Waals surface area contributed by atoms with Crippen LogP contribution in [0.1, 0.15) is 55.7 Å². The third-order valence-electron chi connectivity index (χ3n) is 10.9. The molecule has 0 bridgehead atoms. The molecule has 0 spiro atoms. The lowest BCUT2D eigenvalue weighted by Crippen LogP contribution is -2.59. The topological polar surface area (TPSA) is 115 Å². The Hall–Kier alpha value is -3.87. The van der Waals surface area contributed by atoms with E-state index in [4.69, 9.17) is 21.1 Å². The van der Waals surface area contributed by atoms with Gasteiger partial charge in [-0.25, -0.2) is 9.59 Å². The maximum absolute atomic E-state index is 14.2. The highest BCUT2D eigenvalue weighted by atomic mass is 35.5. The summed E-state index contributed by atoms with van der Waals surface area (Å²) < 4.78 is 10.8. The standard InChI is InChI=1S/C38H51ClN6O6/c1-4-50-38(49)51-35-25-41(3)19-20-44(35)30-13-17-43(18-14-30)36(47)29(22-27-9-10-32(39)26(2)21-27)23-34(46)42-15-11-31(12-16-42)45-24-28-7-5-6-8-33(28)40-37(45)48/h5-10,21,29-31,35H,4,11-20,22-25H2,1-3H3,(H,40,48). The molecule has 0 aromatic heterocycles. The van der Waals surface area contributed by atoms with Crippen LogP contribution >= 0.6 is 11.6 Å². The van der Waals surface area contributed by atoms with Crippen molar-refractivity contribution in [2.24, 2.45) is 5.92 Å². The Kier molecular flexibility index (Phi) is 12.0. The number of para-hydroxylation sites is 1. The summed E-state index contributed by atoms with van der Waals surface area (Å²) in [6.07, 6.45) is 2.39. The molecule has 0 aliphatic carbocycles. The van der Waals surface area contributed by atoms with Gasteiger partial charge >= 0.3 is 12.2 Å². The van der Waals surface area contributed by atoms with E-state index in [1.807, 2.05) is 71.1 Å². The van der Waals surface area contributed by atoms with Crippen LogP contribution in [0.25, 0.3) is 0 Å². The van der Waals surface area contributed by atoms with Crippen LogP contribution in [0.5, 0.6) is 0 Å². The minimum Gasteiger partial charge on any atom is -0.435 e. The Morgan fingerprint density at radius 3 is 2.37 bits per heavy atom. The van der Waals surface area contributed by atoms with Crippen molar-refractivity contribution in [2.45, 2.75) is 77.2 Å². The normalized spacial score (nSPS) is 21.5. The summed E-state index contributed by atoms with van der Waals surface area (Å²) in [7, 11) is 2.01. The number of nitrogens with one attached hydrogen (secondary N) is 1. The van der Waals surface area contributed by atoms with Crippen molar-refractivity contribution in [3.05, 3.63) is 64.2 Å². The summed E-state index contributed by atoms with van der Waals surface area (Å²) in [4.78, 5) is 63.3. The van der Waals surface area contributed by atoms with Crippen LogP contribution in [0, 0.1) is 12.8 Å². The van der Waals surface area contributed by atoms with Gasteiger partial charge in [0.25, 0.3) is 0 Å². The largest absolute Gasteiger partial charge is 0.509 e. The molecule has 2 atom stereocenters. The van der Waals surface area contributed by atoms with Crippen LogP contribution in [0.15, 0.2) is 42.5 Å². The van der Waals surface area contributed by atoms with E-state index in [1.54, 1.807) is 6.92 Å². The zero-order valence-electron chi connectivity index (χ0n) is 30.0. The molecule has 51 heavy (non-hydrogen) atoms. The van der Waals surface area contributed by atoms with Gasteiger partial charge in [0, 0.05) is 81.6 Å². The van der Waals surface area contributed by atoms with Crippen LogP contribution < -0.4 is 5.32 Å². The number of halogens is 1. The predicted molar refractivity (Wildman–Crippen MR) is 194 cm³/mol. The summed E-state index contributed by atoms with van der Waals surface area (Å²) in [6.45, 7) is 8.96. The van der Waals surface area contributed by atoms with Crippen LogP contribution in [0.4, 0.5) is 15.3 Å². The number of aryl methyl sites for hydroxylation is 1. The molecule has 1 N–H and O–H groups in total. The molecule has 4 aliphatic rings. The van der Waals surface area contributed by atoms with Gasteiger partial charge in [0.2, 0.25) is 11.8 Å². The lowest BCUT2D eigenvalue weighted by Gasteiger charge is -2.46. The van der Waals surface area contributed by atoms with Gasteiger partial charge in [0.05, 0.1) is 12.5 Å². The van der Waals surface area contributed by atoms with E-state index in [2.05, 4.69) is 15.1 Å². The number of likely N-dealkylation sites (N-methyl/N-ethyl adjacent to an activating group) is 1. The van der Waals surface area contributed by atoms with E-state index >= 15 is 0 Å². The average Bonchev–Trinajstić information content (AvgIpc) is 3.12. The molecular formula is C38H51ClN6O6. The highest BCUT2D eigenvalue weighted by Crippen LogP contribution is 2.30. The number of fused-ring (bicyclic) bond motifs is 1. The van der Waals surface area contributed by atoms with Gasteiger partial charge in [0.1, 0.15) is 0 Å². The number of carbonyl (C=O) groups excluding carboxylic acids is 4. The van der Waals surface area contributed by atoms with Gasteiger partial charge in [-0.2, -0.15) is 0 Å². The van der Waals surface area contributed by atoms with E-state index in [-0.39, 0.29) is 43.0 Å². The highest BCUT2D eigenvalue weighted by molar-refractivity contribution is 6.31. The number of ether oxygens (including phenoxy) is 2. The Morgan fingerprint density at radius 1 is 0.941 bits per heavy atom. The SMILES string of the molecule is CCOC(=O)OC1CN(C)CCN1C1CCN(C(=O)C(CC(=O)N2CCC(N3Cc4ccccc4NC3=O)CC2)Cc2ccc(Cl)c(C)c2)CC1. The minimum absolute atomic E-state index is 0.00866. The van der Waals surface area contributed by atoms with E-state index in [9.17, 15) is 19.2 Å².